The summed E-state index contributed by atoms with van der Waals surface area (Å²) >= 11 is 0. The second kappa shape index (κ2) is 4.41. The monoisotopic (exact) mass is 208 g/mol. The van der Waals surface area contributed by atoms with Gasteiger partial charge in [-0.3, -0.25) is 10.1 Å². The molecule has 0 fully saturated rings. The van der Waals surface area contributed by atoms with Crippen LogP contribution < -0.4 is 5.11 Å². The van der Waals surface area contributed by atoms with Crippen LogP contribution in [0.15, 0.2) is 23.3 Å². The molecule has 0 atom stereocenters. The third-order valence-corrected chi connectivity index (χ3v) is 1.63. The van der Waals surface area contributed by atoms with Crippen LogP contribution in [0.25, 0.3) is 0 Å². The quantitative estimate of drug-likeness (QED) is 0.413. The zero-order valence-electron chi connectivity index (χ0n) is 8.38. The topological polar surface area (TPSA) is 81.8 Å². The number of hydrogen-bond donors (Lipinski definition) is 0. The molecule has 80 valence electrons. The van der Waals surface area contributed by atoms with E-state index in [1.165, 1.54) is 23.4 Å². The van der Waals surface area contributed by atoms with E-state index in [0.29, 0.717) is 0 Å². The van der Waals surface area contributed by atoms with Crippen molar-refractivity contribution < 1.29 is 10.0 Å². The van der Waals surface area contributed by atoms with Gasteiger partial charge in [-0.25, -0.2) is 0 Å². The summed E-state index contributed by atoms with van der Waals surface area (Å²) < 4.78 is 0. The highest BCUT2D eigenvalue weighted by Crippen LogP contribution is 2.19. The normalized spacial score (nSPS) is 10.5. The van der Waals surface area contributed by atoms with Gasteiger partial charge in [0, 0.05) is 26.2 Å². The first-order valence-corrected chi connectivity index (χ1v) is 4.17. The SMILES string of the molecule is CN(C)/N=C\c1cc([N+](=O)[O-])ccc1[O-]. The predicted molar refractivity (Wildman–Crippen MR) is 53.8 cm³/mol. The molecule has 0 amide bonds. The molecule has 15 heavy (non-hydrogen) atoms. The minimum absolute atomic E-state index is 0.116. The van der Waals surface area contributed by atoms with Crippen molar-refractivity contribution in [2.24, 2.45) is 5.10 Å². The van der Waals surface area contributed by atoms with E-state index in [9.17, 15) is 15.2 Å². The summed E-state index contributed by atoms with van der Waals surface area (Å²) in [6.07, 6.45) is 1.30. The van der Waals surface area contributed by atoms with Crippen LogP contribution in [-0.4, -0.2) is 30.2 Å². The molecule has 0 unspecified atom stereocenters. The first kappa shape index (κ1) is 11.0. The van der Waals surface area contributed by atoms with Crippen molar-refractivity contribution in [2.75, 3.05) is 14.1 Å². The molecule has 0 N–H and O–H groups in total. The number of nitrogens with zero attached hydrogens (tertiary/aromatic N) is 3. The van der Waals surface area contributed by atoms with E-state index in [0.717, 1.165) is 6.07 Å². The van der Waals surface area contributed by atoms with Crippen molar-refractivity contribution >= 4 is 11.9 Å². The molecule has 0 aromatic heterocycles. The van der Waals surface area contributed by atoms with Crippen molar-refractivity contribution in [1.82, 2.24) is 5.01 Å². The fourth-order valence-corrected chi connectivity index (χ4v) is 0.928. The first-order chi connectivity index (χ1) is 7.00. The molecule has 6 nitrogen and oxygen atoms in total. The maximum absolute atomic E-state index is 11.3. The Morgan fingerprint density at radius 2 is 2.13 bits per heavy atom. The maximum atomic E-state index is 11.3. The van der Waals surface area contributed by atoms with Gasteiger partial charge in [0.15, 0.2) is 0 Å². The molecule has 0 saturated heterocycles. The van der Waals surface area contributed by atoms with E-state index >= 15 is 0 Å². The summed E-state index contributed by atoms with van der Waals surface area (Å²) in [6.45, 7) is 0. The molecule has 0 bridgehead atoms. The summed E-state index contributed by atoms with van der Waals surface area (Å²) in [5, 5.41) is 27.1. The number of hydrazone groups is 1. The van der Waals surface area contributed by atoms with Gasteiger partial charge in [-0.15, -0.1) is 0 Å². The molecule has 1 aromatic carbocycles. The number of benzene rings is 1. The average Bonchev–Trinajstić information content (AvgIpc) is 2.16. The standard InChI is InChI=1S/C9H11N3O3/c1-11(2)10-6-7-5-8(12(14)15)3-4-9(7)13/h3-6,13H,1-2H3/p-1/b10-6-. The van der Waals surface area contributed by atoms with Crippen molar-refractivity contribution in [1.29, 1.82) is 0 Å². The van der Waals surface area contributed by atoms with E-state index in [1.807, 2.05) is 0 Å². The van der Waals surface area contributed by atoms with E-state index in [-0.39, 0.29) is 17.0 Å². The van der Waals surface area contributed by atoms with Crippen LogP contribution in [0.4, 0.5) is 5.69 Å². The van der Waals surface area contributed by atoms with Crippen LogP contribution in [0.2, 0.25) is 0 Å². The van der Waals surface area contributed by atoms with Crippen molar-refractivity contribution in [3.63, 3.8) is 0 Å². The molecule has 1 rings (SSSR count). The highest BCUT2D eigenvalue weighted by molar-refractivity contribution is 5.84. The van der Waals surface area contributed by atoms with Crippen molar-refractivity contribution in [3.05, 3.63) is 33.9 Å². The number of rotatable bonds is 3. The Labute approximate surface area is 86.6 Å². The largest absolute Gasteiger partial charge is 0.872 e. The lowest BCUT2D eigenvalue weighted by atomic mass is 10.2. The van der Waals surface area contributed by atoms with E-state index in [2.05, 4.69) is 5.10 Å². The summed E-state index contributed by atoms with van der Waals surface area (Å²) in [4.78, 5) is 9.90. The van der Waals surface area contributed by atoms with E-state index < -0.39 is 4.92 Å². The summed E-state index contributed by atoms with van der Waals surface area (Å²) in [7, 11) is 3.39. The maximum Gasteiger partial charge on any atom is 0.270 e. The van der Waals surface area contributed by atoms with Gasteiger partial charge in [-0.2, -0.15) is 5.10 Å². The average molecular weight is 208 g/mol. The molecular weight excluding hydrogens is 198 g/mol. The van der Waals surface area contributed by atoms with Crippen LogP contribution in [-0.2, 0) is 0 Å². The van der Waals surface area contributed by atoms with Crippen molar-refractivity contribution in [3.8, 4) is 5.75 Å². The van der Waals surface area contributed by atoms with Crippen LogP contribution >= 0.6 is 0 Å². The lowest BCUT2D eigenvalue weighted by molar-refractivity contribution is -0.385. The van der Waals surface area contributed by atoms with Gasteiger partial charge in [0.25, 0.3) is 5.69 Å². The Morgan fingerprint density at radius 3 is 2.67 bits per heavy atom. The second-order valence-corrected chi connectivity index (χ2v) is 3.07. The number of nitro groups is 1. The first-order valence-electron chi connectivity index (χ1n) is 4.17. The van der Waals surface area contributed by atoms with E-state index in [4.69, 9.17) is 0 Å². The number of hydrogen-bond acceptors (Lipinski definition) is 5. The van der Waals surface area contributed by atoms with Gasteiger partial charge in [0.2, 0.25) is 0 Å². The van der Waals surface area contributed by atoms with Crippen LogP contribution in [0, 0.1) is 10.1 Å². The summed E-state index contributed by atoms with van der Waals surface area (Å²) in [6, 6.07) is 3.54. The summed E-state index contributed by atoms with van der Waals surface area (Å²) in [5.74, 6) is -0.286. The van der Waals surface area contributed by atoms with Crippen molar-refractivity contribution in [2.45, 2.75) is 0 Å². The van der Waals surface area contributed by atoms with E-state index in [1.54, 1.807) is 14.1 Å². The zero-order valence-corrected chi connectivity index (χ0v) is 8.38. The minimum Gasteiger partial charge on any atom is -0.872 e. The lowest BCUT2D eigenvalue weighted by Crippen LogP contribution is -2.04. The molecule has 0 radical (unpaired) electrons. The Morgan fingerprint density at radius 1 is 1.47 bits per heavy atom. The Kier molecular flexibility index (Phi) is 3.22. The molecule has 6 heteroatoms. The highest BCUT2D eigenvalue weighted by atomic mass is 16.6. The van der Waals surface area contributed by atoms with Crippen LogP contribution in [0.5, 0.6) is 5.75 Å². The molecular formula is C9H10N3O3-. The van der Waals surface area contributed by atoms with Gasteiger partial charge in [-0.1, -0.05) is 11.8 Å². The van der Waals surface area contributed by atoms with Gasteiger partial charge < -0.3 is 10.1 Å². The highest BCUT2D eigenvalue weighted by Gasteiger charge is 2.05. The molecule has 0 spiro atoms. The number of nitro benzene ring substituents is 1. The molecule has 0 saturated carbocycles. The molecule has 1 aromatic rings. The fraction of sp³-hybridized carbons (Fsp3) is 0.222. The predicted octanol–water partition coefficient (Wildman–Crippen LogP) is 0.564. The molecule has 0 heterocycles. The fourth-order valence-electron chi connectivity index (χ4n) is 0.928. The third kappa shape index (κ3) is 2.94. The lowest BCUT2D eigenvalue weighted by Gasteiger charge is -2.09. The molecule has 0 aliphatic rings. The van der Waals surface area contributed by atoms with Crippen LogP contribution in [0.3, 0.4) is 0 Å². The van der Waals surface area contributed by atoms with Gasteiger partial charge in [0.05, 0.1) is 11.1 Å². The second-order valence-electron chi connectivity index (χ2n) is 3.07. The summed E-state index contributed by atoms with van der Waals surface area (Å²) in [5.41, 5.74) is 0.0905. The Balaban J connectivity index is 3.05. The van der Waals surface area contributed by atoms with Gasteiger partial charge in [-0.05, 0) is 5.56 Å². The molecule has 0 aliphatic heterocycles. The molecule has 0 aliphatic carbocycles. The minimum atomic E-state index is -0.549. The smallest absolute Gasteiger partial charge is 0.270 e. The van der Waals surface area contributed by atoms with Gasteiger partial charge >= 0.3 is 0 Å². The third-order valence-electron chi connectivity index (χ3n) is 1.63. The van der Waals surface area contributed by atoms with Gasteiger partial charge in [0.1, 0.15) is 0 Å². The van der Waals surface area contributed by atoms with Crippen LogP contribution in [0.1, 0.15) is 5.56 Å². The number of non-ortho nitro benzene ring substituents is 1. The Hall–Kier alpha value is -2.11. The Bertz CT molecular complexity index is 402. The zero-order chi connectivity index (χ0) is 11.4.